The van der Waals surface area contributed by atoms with E-state index in [-0.39, 0.29) is 17.6 Å². The topological polar surface area (TPSA) is 64.8 Å². The predicted octanol–water partition coefficient (Wildman–Crippen LogP) is 4.91. The molecule has 1 saturated carbocycles. The quantitative estimate of drug-likeness (QED) is 0.560. The Morgan fingerprint density at radius 2 is 1.97 bits per heavy atom. The number of hydrogen-bond donors (Lipinski definition) is 0. The number of fused-ring (bicyclic) bond motifs is 1. The number of carbonyl (C=O) groups is 1. The minimum atomic E-state index is -0.654. The number of pyridine rings is 1. The molecule has 1 aromatic carbocycles. The molecule has 5 nitrogen and oxygen atoms in total. The highest BCUT2D eigenvalue weighted by molar-refractivity contribution is 6.30. The van der Waals surface area contributed by atoms with E-state index in [1.807, 2.05) is 0 Å². The van der Waals surface area contributed by atoms with Gasteiger partial charge < -0.3 is 0 Å². The van der Waals surface area contributed by atoms with Gasteiger partial charge in [0.1, 0.15) is 5.82 Å². The second kappa shape index (κ2) is 9.04. The van der Waals surface area contributed by atoms with Crippen molar-refractivity contribution in [1.29, 1.82) is 0 Å². The molecule has 0 N–H and O–H groups in total. The molecule has 0 bridgehead atoms. The average molecular weight is 428 g/mol. The van der Waals surface area contributed by atoms with Crippen molar-refractivity contribution >= 4 is 28.3 Å². The van der Waals surface area contributed by atoms with Crippen LogP contribution in [0.25, 0.3) is 10.9 Å². The minimum Gasteiger partial charge on any atom is -0.297 e. The molecular formula is C23H23ClFN3O2. The molecule has 0 spiro atoms. The van der Waals surface area contributed by atoms with Crippen molar-refractivity contribution in [3.8, 4) is 0 Å². The number of nitrogens with zero attached hydrogens (tertiary/aromatic N) is 3. The molecule has 3 aromatic rings. The van der Waals surface area contributed by atoms with E-state index in [9.17, 15) is 14.0 Å². The van der Waals surface area contributed by atoms with Gasteiger partial charge in [0, 0.05) is 11.9 Å². The van der Waals surface area contributed by atoms with Crippen molar-refractivity contribution < 1.29 is 9.18 Å². The molecule has 1 fully saturated rings. The van der Waals surface area contributed by atoms with Crippen LogP contribution in [-0.2, 0) is 11.2 Å². The van der Waals surface area contributed by atoms with Gasteiger partial charge in [-0.05, 0) is 42.7 Å². The van der Waals surface area contributed by atoms with Gasteiger partial charge in [-0.1, -0.05) is 43.7 Å². The normalized spacial score (nSPS) is 15.9. The van der Waals surface area contributed by atoms with Crippen molar-refractivity contribution in [2.24, 2.45) is 5.92 Å². The molecule has 0 saturated heterocycles. The number of halogens is 2. The largest absolute Gasteiger partial charge is 0.297 e. The number of hydrogen-bond acceptors (Lipinski definition) is 4. The van der Waals surface area contributed by atoms with Crippen LogP contribution in [0.4, 0.5) is 4.39 Å². The number of Topliss-reactive ketones (excluding diaryl/α,β-unsaturated/α-hetero) is 1. The van der Waals surface area contributed by atoms with Crippen molar-refractivity contribution in [2.75, 3.05) is 0 Å². The second-order valence-corrected chi connectivity index (χ2v) is 8.42. The summed E-state index contributed by atoms with van der Waals surface area (Å²) in [5.74, 6) is -0.226. The van der Waals surface area contributed by atoms with Gasteiger partial charge in [0.25, 0.3) is 5.56 Å². The van der Waals surface area contributed by atoms with E-state index in [0.717, 1.165) is 25.7 Å². The highest BCUT2D eigenvalue weighted by atomic mass is 35.5. The van der Waals surface area contributed by atoms with E-state index in [2.05, 4.69) is 9.97 Å². The van der Waals surface area contributed by atoms with Crippen LogP contribution >= 0.6 is 11.6 Å². The van der Waals surface area contributed by atoms with Gasteiger partial charge >= 0.3 is 0 Å². The molecule has 7 heteroatoms. The number of carbonyl (C=O) groups excluding carboxylic acids is 1. The Balaban J connectivity index is 1.69. The summed E-state index contributed by atoms with van der Waals surface area (Å²) in [7, 11) is 0. The molecule has 1 aliphatic carbocycles. The fourth-order valence-electron chi connectivity index (χ4n) is 4.28. The van der Waals surface area contributed by atoms with Crippen LogP contribution < -0.4 is 5.56 Å². The number of rotatable bonds is 6. The summed E-state index contributed by atoms with van der Waals surface area (Å²) in [6.45, 7) is 0. The Labute approximate surface area is 178 Å². The lowest BCUT2D eigenvalue weighted by Crippen LogP contribution is -2.33. The summed E-state index contributed by atoms with van der Waals surface area (Å²) in [6.07, 6.45) is 9.19. The lowest BCUT2D eigenvalue weighted by Gasteiger charge is -2.27. The van der Waals surface area contributed by atoms with Crippen LogP contribution in [0.1, 0.15) is 50.3 Å². The van der Waals surface area contributed by atoms with Gasteiger partial charge in [0.05, 0.1) is 34.7 Å². The molecule has 2 heterocycles. The Bertz CT molecular complexity index is 1110. The Hall–Kier alpha value is -2.60. The van der Waals surface area contributed by atoms with Gasteiger partial charge in [-0.25, -0.2) is 9.37 Å². The average Bonchev–Trinajstić information content (AvgIpc) is 2.75. The summed E-state index contributed by atoms with van der Waals surface area (Å²) in [4.78, 5) is 35.0. The molecule has 1 unspecified atom stereocenters. The van der Waals surface area contributed by atoms with Crippen LogP contribution in [0.15, 0.2) is 47.7 Å². The molecule has 156 valence electrons. The van der Waals surface area contributed by atoms with E-state index in [4.69, 9.17) is 11.6 Å². The fourth-order valence-corrected chi connectivity index (χ4v) is 4.39. The predicted molar refractivity (Wildman–Crippen MR) is 114 cm³/mol. The summed E-state index contributed by atoms with van der Waals surface area (Å²) in [5, 5.41) is 0.686. The molecule has 0 radical (unpaired) electrons. The third-order valence-electron chi connectivity index (χ3n) is 5.88. The van der Waals surface area contributed by atoms with E-state index >= 15 is 0 Å². The minimum absolute atomic E-state index is 0.0994. The standard InChI is InChI=1S/C23H23ClFN3O2/c24-16-6-8-18(26-13-16)12-22(29)21(10-15-4-2-1-3-5-15)28-14-27-20-9-7-17(25)11-19(20)23(28)30/h6-9,11,13-15,21H,1-5,10,12H2. The molecule has 30 heavy (non-hydrogen) atoms. The summed E-state index contributed by atoms with van der Waals surface area (Å²) in [5.41, 5.74) is 0.629. The molecule has 2 aromatic heterocycles. The number of aromatic nitrogens is 3. The van der Waals surface area contributed by atoms with Crippen molar-refractivity contribution in [3.63, 3.8) is 0 Å². The maximum Gasteiger partial charge on any atom is 0.261 e. The highest BCUT2D eigenvalue weighted by Gasteiger charge is 2.27. The zero-order valence-electron chi connectivity index (χ0n) is 16.6. The number of benzene rings is 1. The highest BCUT2D eigenvalue weighted by Crippen LogP contribution is 2.31. The van der Waals surface area contributed by atoms with Crippen molar-refractivity contribution in [2.45, 2.75) is 51.0 Å². The first-order valence-electron chi connectivity index (χ1n) is 10.3. The van der Waals surface area contributed by atoms with E-state index < -0.39 is 17.4 Å². The van der Waals surface area contributed by atoms with E-state index in [1.54, 1.807) is 12.1 Å². The number of ketones is 1. The van der Waals surface area contributed by atoms with Gasteiger partial charge in [-0.3, -0.25) is 19.1 Å². The van der Waals surface area contributed by atoms with Gasteiger partial charge in [-0.2, -0.15) is 0 Å². The van der Waals surface area contributed by atoms with Crippen LogP contribution in [0.2, 0.25) is 5.02 Å². The fraction of sp³-hybridized carbons (Fsp3) is 0.391. The maximum absolute atomic E-state index is 13.7. The van der Waals surface area contributed by atoms with Crippen LogP contribution in [0.5, 0.6) is 0 Å². The molecule has 0 aliphatic heterocycles. The van der Waals surface area contributed by atoms with Crippen LogP contribution in [-0.4, -0.2) is 20.3 Å². The monoisotopic (exact) mass is 427 g/mol. The lowest BCUT2D eigenvalue weighted by molar-refractivity contribution is -0.122. The van der Waals surface area contributed by atoms with Crippen molar-refractivity contribution in [3.05, 3.63) is 69.7 Å². The molecule has 0 amide bonds. The molecule has 1 aliphatic rings. The zero-order valence-corrected chi connectivity index (χ0v) is 17.3. The second-order valence-electron chi connectivity index (χ2n) is 7.98. The first-order chi connectivity index (χ1) is 14.5. The Morgan fingerprint density at radius 1 is 1.17 bits per heavy atom. The van der Waals surface area contributed by atoms with Gasteiger partial charge in [-0.15, -0.1) is 0 Å². The zero-order chi connectivity index (χ0) is 21.1. The summed E-state index contributed by atoms with van der Waals surface area (Å²) < 4.78 is 15.1. The molecule has 1 atom stereocenters. The first-order valence-corrected chi connectivity index (χ1v) is 10.7. The summed E-state index contributed by atoms with van der Waals surface area (Å²) in [6, 6.07) is 6.69. The molecule has 4 rings (SSSR count). The SMILES string of the molecule is O=C(Cc1ccc(Cl)cn1)C(CC1CCCCC1)n1cnc2ccc(F)cc2c1=O. The lowest BCUT2D eigenvalue weighted by atomic mass is 9.83. The maximum atomic E-state index is 13.7. The van der Waals surface area contributed by atoms with Crippen LogP contribution in [0, 0.1) is 11.7 Å². The third kappa shape index (κ3) is 4.59. The van der Waals surface area contributed by atoms with E-state index in [0.29, 0.717) is 28.6 Å². The smallest absolute Gasteiger partial charge is 0.261 e. The van der Waals surface area contributed by atoms with Crippen molar-refractivity contribution in [1.82, 2.24) is 14.5 Å². The Kier molecular flexibility index (Phi) is 6.23. The first kappa shape index (κ1) is 20.7. The Morgan fingerprint density at radius 3 is 2.70 bits per heavy atom. The van der Waals surface area contributed by atoms with Gasteiger partial charge in [0.15, 0.2) is 5.78 Å². The van der Waals surface area contributed by atoms with Crippen LogP contribution in [0.3, 0.4) is 0 Å². The molecular weight excluding hydrogens is 405 g/mol. The van der Waals surface area contributed by atoms with Gasteiger partial charge in [0.2, 0.25) is 0 Å². The summed E-state index contributed by atoms with van der Waals surface area (Å²) >= 11 is 5.89. The third-order valence-corrected chi connectivity index (χ3v) is 6.10. The van der Waals surface area contributed by atoms with E-state index in [1.165, 1.54) is 41.7 Å².